The van der Waals surface area contributed by atoms with Crippen molar-refractivity contribution in [3.63, 3.8) is 0 Å². The van der Waals surface area contributed by atoms with Gasteiger partial charge in [-0.2, -0.15) is 14.6 Å². The van der Waals surface area contributed by atoms with Crippen molar-refractivity contribution >= 4 is 17.5 Å². The van der Waals surface area contributed by atoms with Gasteiger partial charge in [0.05, 0.1) is 11.9 Å². The number of benzene rings is 1. The quantitative estimate of drug-likeness (QED) is 0.589. The fourth-order valence-corrected chi connectivity index (χ4v) is 4.47. The largest absolute Gasteiger partial charge is 0.382 e. The number of aliphatic hydroxyl groups is 1. The van der Waals surface area contributed by atoms with E-state index in [0.717, 1.165) is 23.3 Å². The van der Waals surface area contributed by atoms with E-state index in [1.165, 1.54) is 11.1 Å². The van der Waals surface area contributed by atoms with Gasteiger partial charge in [-0.05, 0) is 37.8 Å². The summed E-state index contributed by atoms with van der Waals surface area (Å²) in [4.78, 5) is 11.4. The van der Waals surface area contributed by atoms with Gasteiger partial charge in [0.15, 0.2) is 17.8 Å². The number of nitriles is 1. The Morgan fingerprint density at radius 2 is 2.07 bits per heavy atom. The van der Waals surface area contributed by atoms with E-state index in [-0.39, 0.29) is 18.5 Å². The van der Waals surface area contributed by atoms with Gasteiger partial charge in [0.2, 0.25) is 5.82 Å². The Balaban J connectivity index is 1.43. The molecule has 1 atom stereocenters. The van der Waals surface area contributed by atoms with E-state index >= 15 is 4.39 Å². The van der Waals surface area contributed by atoms with Crippen molar-refractivity contribution in [2.45, 2.75) is 37.7 Å². The molecule has 1 N–H and O–H groups in total. The summed E-state index contributed by atoms with van der Waals surface area (Å²) < 4.78 is 20.5. The highest BCUT2D eigenvalue weighted by Crippen LogP contribution is 2.43. The van der Waals surface area contributed by atoms with Crippen LogP contribution in [0.5, 0.6) is 0 Å². The zero-order valence-electron chi connectivity index (χ0n) is 15.8. The van der Waals surface area contributed by atoms with Crippen LogP contribution in [0, 0.1) is 11.5 Å². The molecular weight excluding hydrogens is 391 g/mol. The first-order chi connectivity index (χ1) is 14.6. The fourth-order valence-electron chi connectivity index (χ4n) is 4.47. The maximum atomic E-state index is 15.1. The minimum Gasteiger partial charge on any atom is -0.382 e. The summed E-state index contributed by atoms with van der Waals surface area (Å²) in [5, 5.41) is 27.4. The van der Waals surface area contributed by atoms with Crippen LogP contribution in [0.2, 0.25) is 0 Å². The smallest absolute Gasteiger partial charge is 0.345 e. The number of para-hydroxylation sites is 1. The number of nitrogens with zero attached hydrogens (tertiary/aromatic N) is 8. The molecule has 30 heavy (non-hydrogen) atoms. The Labute approximate surface area is 170 Å². The number of anilines is 2. The first-order valence-electron chi connectivity index (χ1n) is 9.72. The van der Waals surface area contributed by atoms with E-state index in [2.05, 4.69) is 15.1 Å². The summed E-state index contributed by atoms with van der Waals surface area (Å²) >= 11 is 0. The number of amidine groups is 1. The van der Waals surface area contributed by atoms with Gasteiger partial charge in [0.1, 0.15) is 12.3 Å². The van der Waals surface area contributed by atoms with Gasteiger partial charge in [-0.25, -0.2) is 19.9 Å². The molecule has 1 aromatic heterocycles. The number of hydrogen-bond acceptors (Lipinski definition) is 10. The van der Waals surface area contributed by atoms with Crippen molar-refractivity contribution in [3.05, 3.63) is 47.7 Å². The molecule has 0 radical (unpaired) electrons. The average Bonchev–Trinajstić information content (AvgIpc) is 3.53. The van der Waals surface area contributed by atoms with Crippen molar-refractivity contribution in [2.75, 3.05) is 16.6 Å². The SMILES string of the molecule is N#CN1C=C2N(c3ccccc3C3=NCN(c4nc(C5(O)CCCC5)no4)N23)C1F. The van der Waals surface area contributed by atoms with Gasteiger partial charge in [0.25, 0.3) is 6.42 Å². The second-order valence-corrected chi connectivity index (χ2v) is 7.67. The molecule has 0 bridgehead atoms. The standard InChI is InChI=1S/C19H17FN8O2/c20-17-25(10-21)9-14-27(17)13-6-2-1-5-12(13)15-22-11-26(28(14)15)18-23-16(24-30-18)19(29)7-3-4-8-19/h1-2,5-6,9,17,29H,3-4,7-8,11H2. The van der Waals surface area contributed by atoms with Gasteiger partial charge in [-0.15, -0.1) is 0 Å². The van der Waals surface area contributed by atoms with Gasteiger partial charge in [0, 0.05) is 5.56 Å². The fraction of sp³-hybridized carbons (Fsp3) is 0.368. The molecule has 152 valence electrons. The first-order valence-corrected chi connectivity index (χ1v) is 9.72. The van der Waals surface area contributed by atoms with E-state index < -0.39 is 12.0 Å². The highest BCUT2D eigenvalue weighted by atomic mass is 19.1. The molecule has 1 unspecified atom stereocenters. The lowest BCUT2D eigenvalue weighted by Gasteiger charge is -2.39. The summed E-state index contributed by atoms with van der Waals surface area (Å²) in [5.41, 5.74) is 0.269. The van der Waals surface area contributed by atoms with Crippen molar-refractivity contribution in [1.29, 1.82) is 5.26 Å². The van der Waals surface area contributed by atoms with Crippen LogP contribution in [-0.4, -0.2) is 44.1 Å². The van der Waals surface area contributed by atoms with Crippen molar-refractivity contribution in [3.8, 4) is 6.19 Å². The van der Waals surface area contributed by atoms with E-state index in [9.17, 15) is 10.4 Å². The monoisotopic (exact) mass is 408 g/mol. The molecule has 1 fully saturated rings. The Morgan fingerprint density at radius 3 is 2.87 bits per heavy atom. The highest BCUT2D eigenvalue weighted by molar-refractivity contribution is 6.09. The zero-order valence-corrected chi connectivity index (χ0v) is 15.8. The number of fused-ring (bicyclic) bond motifs is 6. The third kappa shape index (κ3) is 2.16. The molecule has 3 aliphatic heterocycles. The van der Waals surface area contributed by atoms with Crippen LogP contribution in [0.3, 0.4) is 0 Å². The molecule has 0 spiro atoms. The lowest BCUT2D eigenvalue weighted by atomic mass is 10.0. The summed E-state index contributed by atoms with van der Waals surface area (Å²) in [6.07, 6.45) is 4.59. The molecule has 10 nitrogen and oxygen atoms in total. The van der Waals surface area contributed by atoms with Crippen molar-refractivity contribution in [1.82, 2.24) is 20.0 Å². The Bertz CT molecular complexity index is 1130. The number of rotatable bonds is 2. The second kappa shape index (κ2) is 5.93. The maximum Gasteiger partial charge on any atom is 0.345 e. The molecule has 0 saturated heterocycles. The van der Waals surface area contributed by atoms with Crippen LogP contribution in [-0.2, 0) is 5.60 Å². The molecule has 0 amide bonds. The summed E-state index contributed by atoms with van der Waals surface area (Å²) in [6, 6.07) is 7.45. The molecule has 4 aliphatic rings. The number of alkyl halides is 1. The Morgan fingerprint density at radius 1 is 1.27 bits per heavy atom. The van der Waals surface area contributed by atoms with Crippen LogP contribution in [0.15, 0.2) is 45.8 Å². The van der Waals surface area contributed by atoms with Crippen LogP contribution >= 0.6 is 0 Å². The molecule has 4 heterocycles. The minimum atomic E-state index is -1.67. The van der Waals surface area contributed by atoms with E-state index in [1.54, 1.807) is 16.1 Å². The average molecular weight is 408 g/mol. The van der Waals surface area contributed by atoms with Crippen LogP contribution in [0.25, 0.3) is 0 Å². The third-order valence-electron chi connectivity index (χ3n) is 5.96. The predicted octanol–water partition coefficient (Wildman–Crippen LogP) is 1.94. The van der Waals surface area contributed by atoms with Crippen LogP contribution < -0.4 is 9.91 Å². The number of hydrazine groups is 1. The lowest BCUT2D eigenvalue weighted by Crippen LogP contribution is -2.51. The Hall–Kier alpha value is -3.65. The van der Waals surface area contributed by atoms with E-state index in [4.69, 9.17) is 4.52 Å². The first kappa shape index (κ1) is 17.2. The minimum absolute atomic E-state index is 0.148. The predicted molar refractivity (Wildman–Crippen MR) is 102 cm³/mol. The lowest BCUT2D eigenvalue weighted by molar-refractivity contribution is 0.0328. The molecule has 1 saturated carbocycles. The van der Waals surface area contributed by atoms with Crippen LogP contribution in [0.4, 0.5) is 16.1 Å². The van der Waals surface area contributed by atoms with Crippen LogP contribution in [0.1, 0.15) is 37.1 Å². The maximum absolute atomic E-state index is 15.1. The van der Waals surface area contributed by atoms with Crippen molar-refractivity contribution < 1.29 is 14.0 Å². The molecule has 1 aliphatic carbocycles. The third-order valence-corrected chi connectivity index (χ3v) is 5.96. The van der Waals surface area contributed by atoms with Crippen molar-refractivity contribution in [2.24, 2.45) is 4.99 Å². The summed E-state index contributed by atoms with van der Waals surface area (Å²) in [5.74, 6) is 1.26. The topological polar surface area (TPSA) is 108 Å². The number of halogens is 1. The highest BCUT2D eigenvalue weighted by Gasteiger charge is 2.48. The molecular formula is C19H17FN8O2. The van der Waals surface area contributed by atoms with E-state index in [0.29, 0.717) is 30.2 Å². The second-order valence-electron chi connectivity index (χ2n) is 7.67. The molecule has 2 aromatic rings. The number of hydrogen-bond donors (Lipinski definition) is 1. The van der Waals surface area contributed by atoms with Gasteiger partial charge >= 0.3 is 6.01 Å². The Kier molecular flexibility index (Phi) is 3.41. The number of aromatic nitrogens is 2. The molecule has 11 heteroatoms. The molecule has 6 rings (SSSR count). The number of aliphatic imine (C=N–C) groups is 1. The van der Waals surface area contributed by atoms with Gasteiger partial charge in [-0.3, -0.25) is 4.90 Å². The molecule has 1 aromatic carbocycles. The summed E-state index contributed by atoms with van der Waals surface area (Å²) in [7, 11) is 0. The normalized spacial score (nSPS) is 23.7. The van der Waals surface area contributed by atoms with E-state index in [1.807, 2.05) is 24.4 Å². The zero-order chi connectivity index (χ0) is 20.5. The van der Waals surface area contributed by atoms with Gasteiger partial charge < -0.3 is 9.63 Å². The van der Waals surface area contributed by atoms with Gasteiger partial charge in [-0.1, -0.05) is 17.3 Å². The summed E-state index contributed by atoms with van der Waals surface area (Å²) in [6.45, 7) is 0.179.